The number of amides is 1. The maximum atomic E-state index is 11.5. The Labute approximate surface area is 115 Å². The van der Waals surface area contributed by atoms with Crippen LogP contribution in [0.15, 0.2) is 12.7 Å². The second kappa shape index (κ2) is 6.58. The van der Waals surface area contributed by atoms with Gasteiger partial charge in [-0.1, -0.05) is 50.2 Å². The molecule has 0 fully saturated rings. The molecular formula is C14H26BrNO. The third-order valence-corrected chi connectivity index (χ3v) is 4.81. The van der Waals surface area contributed by atoms with Gasteiger partial charge in [0.1, 0.15) is 0 Å². The molecule has 0 N–H and O–H groups in total. The molecule has 0 saturated carbocycles. The Morgan fingerprint density at radius 2 is 1.94 bits per heavy atom. The van der Waals surface area contributed by atoms with Gasteiger partial charge in [0.25, 0.3) is 0 Å². The summed E-state index contributed by atoms with van der Waals surface area (Å²) in [5.74, 6) is 0.00123. The minimum atomic E-state index is 0.00123. The standard InChI is InChI=1S/C14H26BrNO/c1-7-12(17)16(6)11-14(5,8-2)9-13(3,4)10-15/h7H,1,8-11H2,2-6H3. The molecule has 1 unspecified atom stereocenters. The molecule has 0 aromatic heterocycles. The Balaban J connectivity index is 4.68. The predicted molar refractivity (Wildman–Crippen MR) is 78.4 cm³/mol. The molecule has 2 nitrogen and oxygen atoms in total. The molecule has 0 bridgehead atoms. The summed E-state index contributed by atoms with van der Waals surface area (Å²) < 4.78 is 0. The number of hydrogen-bond acceptors (Lipinski definition) is 1. The molecule has 0 aromatic rings. The summed E-state index contributed by atoms with van der Waals surface area (Å²) in [4.78, 5) is 13.3. The van der Waals surface area contributed by atoms with E-state index >= 15 is 0 Å². The minimum absolute atomic E-state index is 0.00123. The number of likely N-dealkylation sites (N-methyl/N-ethyl adjacent to an activating group) is 1. The largest absolute Gasteiger partial charge is 0.342 e. The summed E-state index contributed by atoms with van der Waals surface area (Å²) in [5.41, 5.74) is 0.410. The van der Waals surface area contributed by atoms with E-state index < -0.39 is 0 Å². The lowest BCUT2D eigenvalue weighted by Gasteiger charge is -2.38. The highest BCUT2D eigenvalue weighted by Crippen LogP contribution is 2.38. The van der Waals surface area contributed by atoms with Gasteiger partial charge in [0, 0.05) is 18.9 Å². The lowest BCUT2D eigenvalue weighted by Crippen LogP contribution is -2.39. The third kappa shape index (κ3) is 5.71. The van der Waals surface area contributed by atoms with Gasteiger partial charge >= 0.3 is 0 Å². The van der Waals surface area contributed by atoms with E-state index in [2.05, 4.69) is 50.2 Å². The number of carbonyl (C=O) groups excluding carboxylic acids is 1. The van der Waals surface area contributed by atoms with Gasteiger partial charge < -0.3 is 4.90 Å². The van der Waals surface area contributed by atoms with E-state index in [1.807, 2.05) is 7.05 Å². The van der Waals surface area contributed by atoms with E-state index in [1.54, 1.807) is 4.90 Å². The maximum absolute atomic E-state index is 11.5. The van der Waals surface area contributed by atoms with Gasteiger partial charge in [-0.25, -0.2) is 0 Å². The van der Waals surface area contributed by atoms with Crippen LogP contribution in [-0.4, -0.2) is 29.7 Å². The first-order valence-corrected chi connectivity index (χ1v) is 7.25. The van der Waals surface area contributed by atoms with Gasteiger partial charge in [-0.15, -0.1) is 0 Å². The van der Waals surface area contributed by atoms with Gasteiger partial charge in [-0.05, 0) is 29.7 Å². The van der Waals surface area contributed by atoms with E-state index in [-0.39, 0.29) is 16.7 Å². The fourth-order valence-corrected chi connectivity index (χ4v) is 2.50. The van der Waals surface area contributed by atoms with Crippen LogP contribution in [0.1, 0.15) is 40.5 Å². The molecule has 1 atom stereocenters. The van der Waals surface area contributed by atoms with Crippen molar-refractivity contribution in [2.75, 3.05) is 18.9 Å². The third-order valence-electron chi connectivity index (χ3n) is 3.29. The molecule has 0 heterocycles. The normalized spacial score (nSPS) is 15.2. The van der Waals surface area contributed by atoms with Crippen molar-refractivity contribution in [3.05, 3.63) is 12.7 Å². The van der Waals surface area contributed by atoms with Crippen LogP contribution in [0.3, 0.4) is 0 Å². The van der Waals surface area contributed by atoms with Gasteiger partial charge in [-0.2, -0.15) is 0 Å². The van der Waals surface area contributed by atoms with E-state index in [9.17, 15) is 4.79 Å². The molecule has 0 saturated heterocycles. The SMILES string of the molecule is C=CC(=O)N(C)CC(C)(CC)CC(C)(C)CBr. The van der Waals surface area contributed by atoms with E-state index in [0.29, 0.717) is 0 Å². The zero-order valence-corrected chi connectivity index (χ0v) is 13.4. The molecule has 0 aromatic carbocycles. The molecule has 100 valence electrons. The fourth-order valence-electron chi connectivity index (χ4n) is 2.30. The van der Waals surface area contributed by atoms with Crippen LogP contribution in [0, 0.1) is 10.8 Å². The van der Waals surface area contributed by atoms with Crippen LogP contribution in [0.5, 0.6) is 0 Å². The summed E-state index contributed by atoms with van der Waals surface area (Å²) in [5, 5.41) is 0.981. The van der Waals surface area contributed by atoms with Crippen molar-refractivity contribution >= 4 is 21.8 Å². The molecule has 0 radical (unpaired) electrons. The van der Waals surface area contributed by atoms with Gasteiger partial charge in [0.05, 0.1) is 0 Å². The van der Waals surface area contributed by atoms with Crippen LogP contribution in [0.4, 0.5) is 0 Å². The van der Waals surface area contributed by atoms with Gasteiger partial charge in [0.15, 0.2) is 0 Å². The van der Waals surface area contributed by atoms with Crippen molar-refractivity contribution in [2.24, 2.45) is 10.8 Å². The van der Waals surface area contributed by atoms with Crippen molar-refractivity contribution in [3.8, 4) is 0 Å². The topological polar surface area (TPSA) is 20.3 Å². The predicted octanol–water partition coefficient (Wildman–Crippen LogP) is 3.86. The summed E-state index contributed by atoms with van der Waals surface area (Å²) in [7, 11) is 1.85. The highest BCUT2D eigenvalue weighted by Gasteiger charge is 2.32. The quantitative estimate of drug-likeness (QED) is 0.516. The summed E-state index contributed by atoms with van der Waals surface area (Å²) >= 11 is 3.56. The van der Waals surface area contributed by atoms with Crippen LogP contribution >= 0.6 is 15.9 Å². The van der Waals surface area contributed by atoms with Crippen molar-refractivity contribution in [2.45, 2.75) is 40.5 Å². The van der Waals surface area contributed by atoms with Crippen molar-refractivity contribution < 1.29 is 4.79 Å². The highest BCUT2D eigenvalue weighted by molar-refractivity contribution is 9.09. The molecule has 0 aliphatic heterocycles. The Morgan fingerprint density at radius 3 is 2.29 bits per heavy atom. The van der Waals surface area contributed by atoms with E-state index in [1.165, 1.54) is 6.08 Å². The van der Waals surface area contributed by atoms with Crippen molar-refractivity contribution in [3.63, 3.8) is 0 Å². The number of rotatable bonds is 7. The highest BCUT2D eigenvalue weighted by atomic mass is 79.9. The molecule has 0 aliphatic carbocycles. The second-order valence-electron chi connectivity index (χ2n) is 6.04. The Bertz CT molecular complexity index is 275. The first-order chi connectivity index (χ1) is 7.69. The first kappa shape index (κ1) is 16.7. The van der Waals surface area contributed by atoms with Crippen LogP contribution < -0.4 is 0 Å². The number of carbonyl (C=O) groups is 1. The Kier molecular flexibility index (Phi) is 6.46. The summed E-state index contributed by atoms with van der Waals surface area (Å²) in [6.45, 7) is 13.3. The number of nitrogens with zero attached hydrogens (tertiary/aromatic N) is 1. The fraction of sp³-hybridized carbons (Fsp3) is 0.786. The maximum Gasteiger partial charge on any atom is 0.245 e. The zero-order valence-electron chi connectivity index (χ0n) is 11.8. The van der Waals surface area contributed by atoms with E-state index in [0.717, 1.165) is 24.7 Å². The molecule has 0 rings (SSSR count). The number of halogens is 1. The number of hydrogen-bond donors (Lipinski definition) is 0. The summed E-state index contributed by atoms with van der Waals surface area (Å²) in [6, 6.07) is 0. The Morgan fingerprint density at radius 1 is 1.41 bits per heavy atom. The minimum Gasteiger partial charge on any atom is -0.342 e. The molecular weight excluding hydrogens is 278 g/mol. The summed E-state index contributed by atoms with van der Waals surface area (Å²) in [6.07, 6.45) is 3.54. The van der Waals surface area contributed by atoms with Crippen LogP contribution in [-0.2, 0) is 4.79 Å². The second-order valence-corrected chi connectivity index (χ2v) is 6.60. The smallest absolute Gasteiger partial charge is 0.245 e. The lowest BCUT2D eigenvalue weighted by molar-refractivity contribution is -0.126. The molecule has 3 heteroatoms. The first-order valence-electron chi connectivity index (χ1n) is 6.13. The van der Waals surface area contributed by atoms with Gasteiger partial charge in [-0.3, -0.25) is 4.79 Å². The average molecular weight is 304 g/mol. The van der Waals surface area contributed by atoms with Crippen LogP contribution in [0.25, 0.3) is 0 Å². The number of alkyl halides is 1. The van der Waals surface area contributed by atoms with E-state index in [4.69, 9.17) is 0 Å². The van der Waals surface area contributed by atoms with Crippen molar-refractivity contribution in [1.82, 2.24) is 4.90 Å². The van der Waals surface area contributed by atoms with Crippen molar-refractivity contribution in [1.29, 1.82) is 0 Å². The monoisotopic (exact) mass is 303 g/mol. The lowest BCUT2D eigenvalue weighted by atomic mass is 9.73. The molecule has 0 aliphatic rings. The van der Waals surface area contributed by atoms with Gasteiger partial charge in [0.2, 0.25) is 5.91 Å². The molecule has 1 amide bonds. The average Bonchev–Trinajstić information content (AvgIpc) is 2.27. The van der Waals surface area contributed by atoms with Crippen LogP contribution in [0.2, 0.25) is 0 Å². The molecule has 17 heavy (non-hydrogen) atoms. The molecule has 0 spiro atoms. The Hall–Kier alpha value is -0.310. The zero-order chi connectivity index (χ0) is 13.7.